The van der Waals surface area contributed by atoms with Gasteiger partial charge in [0.2, 0.25) is 5.95 Å². The van der Waals surface area contributed by atoms with Crippen LogP contribution in [0.3, 0.4) is 0 Å². The number of rotatable bonds is 7. The summed E-state index contributed by atoms with van der Waals surface area (Å²) >= 11 is 1.55. The van der Waals surface area contributed by atoms with Gasteiger partial charge in [-0.3, -0.25) is 0 Å². The quantitative estimate of drug-likeness (QED) is 0.409. The fourth-order valence-electron chi connectivity index (χ4n) is 2.73. The highest BCUT2D eigenvalue weighted by Crippen LogP contribution is 2.24. The van der Waals surface area contributed by atoms with Gasteiger partial charge in [0.1, 0.15) is 5.82 Å². The zero-order valence-electron chi connectivity index (χ0n) is 15.6. The van der Waals surface area contributed by atoms with E-state index in [0.29, 0.717) is 23.5 Å². The van der Waals surface area contributed by atoms with E-state index in [-0.39, 0.29) is 5.82 Å². The number of benzene rings is 3. The average molecular weight is 402 g/mol. The Hall–Kier alpha value is -3.25. The summed E-state index contributed by atoms with van der Waals surface area (Å²) in [5, 5.41) is 3.90. The smallest absolute Gasteiger partial charge is 0.227 e. The Balaban J connectivity index is 1.58. The molecule has 0 saturated carbocycles. The lowest BCUT2D eigenvalue weighted by Gasteiger charge is -2.09. The summed E-state index contributed by atoms with van der Waals surface area (Å²) in [4.78, 5) is 13.7. The van der Waals surface area contributed by atoms with E-state index in [0.717, 1.165) is 16.9 Å². The molecule has 0 aliphatic carbocycles. The van der Waals surface area contributed by atoms with Crippen molar-refractivity contribution in [2.24, 2.45) is 0 Å². The van der Waals surface area contributed by atoms with Gasteiger partial charge in [-0.25, -0.2) is 9.37 Å². The van der Waals surface area contributed by atoms with Gasteiger partial charge >= 0.3 is 0 Å². The molecule has 0 radical (unpaired) electrons. The average Bonchev–Trinajstić information content (AvgIpc) is 2.78. The summed E-state index contributed by atoms with van der Waals surface area (Å²) < 4.78 is 13.3. The van der Waals surface area contributed by atoms with Crippen LogP contribution in [-0.2, 0) is 12.3 Å². The predicted octanol–water partition coefficient (Wildman–Crippen LogP) is 5.58. The number of anilines is 1. The van der Waals surface area contributed by atoms with Crippen molar-refractivity contribution in [1.29, 1.82) is 0 Å². The van der Waals surface area contributed by atoms with Crippen LogP contribution in [0, 0.1) is 5.82 Å². The third kappa shape index (κ3) is 5.39. The maximum Gasteiger partial charge on any atom is 0.227 e. The molecule has 1 heterocycles. The Kier molecular flexibility index (Phi) is 6.12. The summed E-state index contributed by atoms with van der Waals surface area (Å²) in [5.41, 5.74) is 3.08. The monoisotopic (exact) mass is 402 g/mol. The summed E-state index contributed by atoms with van der Waals surface area (Å²) in [7, 11) is 0. The maximum absolute atomic E-state index is 13.3. The van der Waals surface area contributed by atoms with Crippen molar-refractivity contribution in [3.8, 4) is 11.4 Å². The Morgan fingerprint density at radius 3 is 2.07 bits per heavy atom. The molecule has 0 saturated heterocycles. The number of thioether (sulfide) groups is 1. The van der Waals surface area contributed by atoms with Crippen LogP contribution in [0.5, 0.6) is 0 Å². The molecular formula is C23H19FN4S. The second-order valence-electron chi connectivity index (χ2n) is 6.39. The van der Waals surface area contributed by atoms with E-state index < -0.39 is 0 Å². The molecule has 0 spiro atoms. The number of halogens is 1. The van der Waals surface area contributed by atoms with Gasteiger partial charge in [0.05, 0.1) is 0 Å². The molecule has 6 heteroatoms. The SMILES string of the molecule is Fc1ccc(-c2nc(NCc3ccccc3)nc(SCc3ccccc3)n2)cc1. The van der Waals surface area contributed by atoms with E-state index >= 15 is 0 Å². The molecular weight excluding hydrogens is 383 g/mol. The first-order valence-electron chi connectivity index (χ1n) is 9.23. The molecule has 0 unspecified atom stereocenters. The van der Waals surface area contributed by atoms with E-state index in [9.17, 15) is 4.39 Å². The van der Waals surface area contributed by atoms with Crippen LogP contribution in [0.15, 0.2) is 90.1 Å². The van der Waals surface area contributed by atoms with Gasteiger partial charge in [0, 0.05) is 17.9 Å². The summed E-state index contributed by atoms with van der Waals surface area (Å²) in [6.45, 7) is 0.608. The molecule has 4 nitrogen and oxygen atoms in total. The lowest BCUT2D eigenvalue weighted by atomic mass is 10.2. The molecule has 0 fully saturated rings. The number of hydrogen-bond acceptors (Lipinski definition) is 5. The highest BCUT2D eigenvalue weighted by Gasteiger charge is 2.10. The van der Waals surface area contributed by atoms with Crippen LogP contribution in [0.4, 0.5) is 10.3 Å². The van der Waals surface area contributed by atoms with Crippen LogP contribution in [0.1, 0.15) is 11.1 Å². The Labute approximate surface area is 173 Å². The van der Waals surface area contributed by atoms with Crippen molar-refractivity contribution in [3.63, 3.8) is 0 Å². The molecule has 0 atom stereocenters. The lowest BCUT2D eigenvalue weighted by molar-refractivity contribution is 0.628. The fraction of sp³-hybridized carbons (Fsp3) is 0.0870. The normalized spacial score (nSPS) is 10.7. The van der Waals surface area contributed by atoms with E-state index in [1.807, 2.05) is 48.5 Å². The number of hydrogen-bond donors (Lipinski definition) is 1. The molecule has 1 N–H and O–H groups in total. The van der Waals surface area contributed by atoms with Crippen LogP contribution in [0.25, 0.3) is 11.4 Å². The molecule has 1 aromatic heterocycles. The minimum atomic E-state index is -0.288. The molecule has 144 valence electrons. The van der Waals surface area contributed by atoms with Crippen molar-refractivity contribution in [2.75, 3.05) is 5.32 Å². The van der Waals surface area contributed by atoms with Gasteiger partial charge < -0.3 is 5.32 Å². The highest BCUT2D eigenvalue weighted by molar-refractivity contribution is 7.98. The standard InChI is InChI=1S/C23H19FN4S/c24-20-13-11-19(12-14-20)21-26-22(25-15-17-7-3-1-4-8-17)28-23(27-21)29-16-18-9-5-2-6-10-18/h1-14H,15-16H2,(H,25,26,27,28). The van der Waals surface area contributed by atoms with Crippen molar-refractivity contribution >= 4 is 17.7 Å². The second kappa shape index (κ2) is 9.30. The van der Waals surface area contributed by atoms with Crippen molar-refractivity contribution in [2.45, 2.75) is 17.5 Å². The van der Waals surface area contributed by atoms with Crippen molar-refractivity contribution < 1.29 is 4.39 Å². The first-order chi connectivity index (χ1) is 14.3. The van der Waals surface area contributed by atoms with Gasteiger partial charge in [-0.2, -0.15) is 9.97 Å². The molecule has 4 rings (SSSR count). The van der Waals surface area contributed by atoms with Crippen molar-refractivity contribution in [3.05, 3.63) is 102 Å². The molecule has 0 bridgehead atoms. The second-order valence-corrected chi connectivity index (χ2v) is 7.33. The van der Waals surface area contributed by atoms with Crippen LogP contribution in [-0.4, -0.2) is 15.0 Å². The first-order valence-corrected chi connectivity index (χ1v) is 10.2. The predicted molar refractivity (Wildman–Crippen MR) is 115 cm³/mol. The summed E-state index contributed by atoms with van der Waals surface area (Å²) in [6.07, 6.45) is 0. The largest absolute Gasteiger partial charge is 0.350 e. The van der Waals surface area contributed by atoms with E-state index in [1.54, 1.807) is 23.9 Å². The zero-order valence-corrected chi connectivity index (χ0v) is 16.4. The van der Waals surface area contributed by atoms with Gasteiger partial charge in [-0.15, -0.1) is 0 Å². The van der Waals surface area contributed by atoms with E-state index in [4.69, 9.17) is 0 Å². The Bertz CT molecular complexity index is 995. The molecule has 29 heavy (non-hydrogen) atoms. The maximum atomic E-state index is 13.3. The number of aromatic nitrogens is 3. The van der Waals surface area contributed by atoms with Gasteiger partial charge in [0.25, 0.3) is 0 Å². The van der Waals surface area contributed by atoms with E-state index in [1.165, 1.54) is 17.7 Å². The van der Waals surface area contributed by atoms with Crippen LogP contribution in [0.2, 0.25) is 0 Å². The minimum absolute atomic E-state index is 0.288. The third-order valence-electron chi connectivity index (χ3n) is 4.22. The molecule has 4 aromatic rings. The molecule has 0 aliphatic heterocycles. The Morgan fingerprint density at radius 1 is 0.724 bits per heavy atom. The third-order valence-corrected chi connectivity index (χ3v) is 5.14. The topological polar surface area (TPSA) is 50.7 Å². The number of nitrogens with zero attached hydrogens (tertiary/aromatic N) is 3. The van der Waals surface area contributed by atoms with Crippen LogP contribution < -0.4 is 5.32 Å². The van der Waals surface area contributed by atoms with E-state index in [2.05, 4.69) is 32.4 Å². The van der Waals surface area contributed by atoms with Gasteiger partial charge in [0.15, 0.2) is 11.0 Å². The molecule has 0 amide bonds. The lowest BCUT2D eigenvalue weighted by Crippen LogP contribution is -2.06. The van der Waals surface area contributed by atoms with Gasteiger partial charge in [-0.05, 0) is 35.4 Å². The zero-order chi connectivity index (χ0) is 19.9. The first kappa shape index (κ1) is 19.1. The fourth-order valence-corrected chi connectivity index (χ4v) is 3.52. The summed E-state index contributed by atoms with van der Waals surface area (Å²) in [5.74, 6) is 1.49. The molecule has 3 aromatic carbocycles. The summed E-state index contributed by atoms with van der Waals surface area (Å²) in [6, 6.07) is 26.4. The Morgan fingerprint density at radius 2 is 1.38 bits per heavy atom. The molecule has 0 aliphatic rings. The van der Waals surface area contributed by atoms with Crippen LogP contribution >= 0.6 is 11.8 Å². The van der Waals surface area contributed by atoms with Crippen molar-refractivity contribution in [1.82, 2.24) is 15.0 Å². The van der Waals surface area contributed by atoms with Gasteiger partial charge in [-0.1, -0.05) is 72.4 Å². The minimum Gasteiger partial charge on any atom is -0.350 e. The highest BCUT2D eigenvalue weighted by atomic mass is 32.2. The number of nitrogens with one attached hydrogen (secondary N) is 1.